The van der Waals surface area contributed by atoms with E-state index in [-0.39, 0.29) is 23.7 Å². The summed E-state index contributed by atoms with van der Waals surface area (Å²) in [6.07, 6.45) is 0. The minimum Gasteiger partial charge on any atom is -0.496 e. The highest BCUT2D eigenvalue weighted by Crippen LogP contribution is 2.21. The number of hydrogen-bond acceptors (Lipinski definition) is 6. The molecule has 0 bridgehead atoms. The predicted molar refractivity (Wildman–Crippen MR) is 118 cm³/mol. The fourth-order valence-electron chi connectivity index (χ4n) is 3.87. The molecule has 166 valence electrons. The zero-order valence-electron chi connectivity index (χ0n) is 18.6. The van der Waals surface area contributed by atoms with E-state index in [9.17, 15) is 9.59 Å². The molecule has 32 heavy (non-hydrogen) atoms. The van der Waals surface area contributed by atoms with Gasteiger partial charge in [0.1, 0.15) is 5.75 Å². The monoisotopic (exact) mass is 434 g/mol. The lowest BCUT2D eigenvalue weighted by molar-refractivity contribution is 0.0406. The molecule has 0 radical (unpaired) electrons. The number of aromatic nitrogens is 4. The Morgan fingerprint density at radius 3 is 2.59 bits per heavy atom. The maximum absolute atomic E-state index is 13.0. The van der Waals surface area contributed by atoms with Crippen LogP contribution < -0.4 is 4.74 Å². The van der Waals surface area contributed by atoms with Crippen LogP contribution in [0, 0.1) is 13.8 Å². The Morgan fingerprint density at radius 2 is 1.88 bits per heavy atom. The van der Waals surface area contributed by atoms with Crippen molar-refractivity contribution in [1.82, 2.24) is 30.0 Å². The fraction of sp³-hybridized carbons (Fsp3) is 0.348. The molecular formula is C23H26N6O3. The maximum Gasteiger partial charge on any atom is 0.295 e. The number of hydrogen-bond donors (Lipinski definition) is 0. The van der Waals surface area contributed by atoms with Crippen molar-refractivity contribution in [3.8, 4) is 11.4 Å². The maximum atomic E-state index is 13.0. The van der Waals surface area contributed by atoms with E-state index in [0.717, 1.165) is 16.8 Å². The molecule has 0 spiro atoms. The molecule has 1 unspecified atom stereocenters. The summed E-state index contributed by atoms with van der Waals surface area (Å²) in [6.45, 7) is 7.07. The van der Waals surface area contributed by atoms with E-state index in [0.29, 0.717) is 30.9 Å². The smallest absolute Gasteiger partial charge is 0.295 e. The number of amides is 2. The molecule has 1 atom stereocenters. The highest BCUT2D eigenvalue weighted by molar-refractivity contribution is 5.95. The molecule has 9 heteroatoms. The molecule has 2 aromatic carbocycles. The fourth-order valence-corrected chi connectivity index (χ4v) is 3.87. The lowest BCUT2D eigenvalue weighted by atomic mass is 10.1. The van der Waals surface area contributed by atoms with Crippen molar-refractivity contribution in [2.24, 2.45) is 0 Å². The van der Waals surface area contributed by atoms with Gasteiger partial charge in [0.05, 0.1) is 12.8 Å². The first-order valence-corrected chi connectivity index (χ1v) is 10.5. The largest absolute Gasteiger partial charge is 0.496 e. The van der Waals surface area contributed by atoms with Crippen LogP contribution in [0.4, 0.5) is 0 Å². The van der Waals surface area contributed by atoms with Gasteiger partial charge in [-0.3, -0.25) is 9.59 Å². The van der Waals surface area contributed by atoms with E-state index in [1.807, 2.05) is 51.1 Å². The van der Waals surface area contributed by atoms with Crippen LogP contribution in [-0.2, 0) is 0 Å². The average molecular weight is 435 g/mol. The summed E-state index contributed by atoms with van der Waals surface area (Å²) < 4.78 is 5.34. The Hall–Kier alpha value is -3.75. The quantitative estimate of drug-likeness (QED) is 0.625. The number of tetrazole rings is 1. The molecule has 2 amide bonds. The van der Waals surface area contributed by atoms with Gasteiger partial charge in [-0.05, 0) is 61.4 Å². The predicted octanol–water partition coefficient (Wildman–Crippen LogP) is 2.27. The molecule has 3 aromatic rings. The summed E-state index contributed by atoms with van der Waals surface area (Å²) in [4.78, 5) is 30.8. The van der Waals surface area contributed by atoms with E-state index in [2.05, 4.69) is 15.4 Å². The van der Waals surface area contributed by atoms with E-state index >= 15 is 0 Å². The van der Waals surface area contributed by atoms with E-state index in [4.69, 9.17) is 4.74 Å². The van der Waals surface area contributed by atoms with Crippen molar-refractivity contribution in [1.29, 1.82) is 0 Å². The van der Waals surface area contributed by atoms with Crippen LogP contribution in [0.15, 0.2) is 42.5 Å². The van der Waals surface area contributed by atoms with Crippen LogP contribution in [0.1, 0.15) is 39.0 Å². The third kappa shape index (κ3) is 4.18. The van der Waals surface area contributed by atoms with Crippen molar-refractivity contribution in [2.75, 3.05) is 26.7 Å². The van der Waals surface area contributed by atoms with Gasteiger partial charge in [0.2, 0.25) is 0 Å². The van der Waals surface area contributed by atoms with Gasteiger partial charge in [-0.15, -0.1) is 15.0 Å². The molecule has 1 aliphatic rings. The molecule has 1 aliphatic heterocycles. The normalized spacial score (nSPS) is 16.2. The first-order valence-electron chi connectivity index (χ1n) is 10.5. The number of piperazine rings is 1. The summed E-state index contributed by atoms with van der Waals surface area (Å²) in [6, 6.07) is 12.9. The van der Waals surface area contributed by atoms with Crippen LogP contribution in [0.25, 0.3) is 5.69 Å². The standard InChI is InChI=1S/C23H26N6O3/c1-15-6-5-7-19(12-15)29-25-21(24-26-29)23(31)28-11-10-27(14-17(28)3)22(30)18-9-8-16(2)20(13-18)32-4/h5-9,12-13,17H,10-11,14H2,1-4H3. The van der Waals surface area contributed by atoms with Crippen molar-refractivity contribution in [3.63, 3.8) is 0 Å². The van der Waals surface area contributed by atoms with Crippen LogP contribution in [0.2, 0.25) is 0 Å². The molecule has 9 nitrogen and oxygen atoms in total. The lowest BCUT2D eigenvalue weighted by Crippen LogP contribution is -2.55. The van der Waals surface area contributed by atoms with Gasteiger partial charge in [-0.2, -0.15) is 0 Å². The number of methoxy groups -OCH3 is 1. The molecule has 1 saturated heterocycles. The Labute approximate surface area is 186 Å². The average Bonchev–Trinajstić information content (AvgIpc) is 3.29. The lowest BCUT2D eigenvalue weighted by Gasteiger charge is -2.39. The Balaban J connectivity index is 1.44. The second-order valence-corrected chi connectivity index (χ2v) is 8.02. The number of nitrogens with zero attached hydrogens (tertiary/aromatic N) is 6. The highest BCUT2D eigenvalue weighted by Gasteiger charge is 2.32. The summed E-state index contributed by atoms with van der Waals surface area (Å²) in [7, 11) is 1.59. The van der Waals surface area contributed by atoms with Gasteiger partial charge < -0.3 is 14.5 Å². The van der Waals surface area contributed by atoms with Gasteiger partial charge in [0.15, 0.2) is 0 Å². The van der Waals surface area contributed by atoms with Gasteiger partial charge in [-0.1, -0.05) is 18.2 Å². The van der Waals surface area contributed by atoms with Crippen LogP contribution in [0.5, 0.6) is 5.75 Å². The van der Waals surface area contributed by atoms with Crippen LogP contribution in [0.3, 0.4) is 0 Å². The third-order valence-corrected chi connectivity index (χ3v) is 5.67. The molecule has 0 saturated carbocycles. The molecule has 1 fully saturated rings. The van der Waals surface area contributed by atoms with Crippen molar-refractivity contribution in [3.05, 3.63) is 65.0 Å². The third-order valence-electron chi connectivity index (χ3n) is 5.67. The molecule has 1 aromatic heterocycles. The first kappa shape index (κ1) is 21.5. The van der Waals surface area contributed by atoms with Gasteiger partial charge >= 0.3 is 0 Å². The number of benzene rings is 2. The number of carbonyl (C=O) groups excluding carboxylic acids is 2. The van der Waals surface area contributed by atoms with Crippen molar-refractivity contribution >= 4 is 11.8 Å². The Bertz CT molecular complexity index is 1160. The van der Waals surface area contributed by atoms with Crippen LogP contribution in [-0.4, -0.2) is 74.6 Å². The minimum absolute atomic E-state index is 0.0430. The zero-order valence-corrected chi connectivity index (χ0v) is 18.6. The minimum atomic E-state index is -0.291. The van der Waals surface area contributed by atoms with Crippen molar-refractivity contribution < 1.29 is 14.3 Å². The zero-order chi connectivity index (χ0) is 22.8. The molecule has 0 aliphatic carbocycles. The van der Waals surface area contributed by atoms with Gasteiger partial charge in [0, 0.05) is 31.2 Å². The second-order valence-electron chi connectivity index (χ2n) is 8.02. The number of rotatable bonds is 4. The van der Waals surface area contributed by atoms with Crippen LogP contribution >= 0.6 is 0 Å². The summed E-state index contributed by atoms with van der Waals surface area (Å²) in [5.41, 5.74) is 3.35. The molecule has 2 heterocycles. The summed E-state index contributed by atoms with van der Waals surface area (Å²) in [5.74, 6) is 0.355. The number of aryl methyl sites for hydroxylation is 2. The Kier molecular flexibility index (Phi) is 5.89. The van der Waals surface area contributed by atoms with Crippen molar-refractivity contribution in [2.45, 2.75) is 26.8 Å². The second kappa shape index (κ2) is 8.78. The SMILES string of the molecule is COc1cc(C(=O)N2CCN(C(=O)c3nnn(-c4cccc(C)c4)n3)C(C)C2)ccc1C. The highest BCUT2D eigenvalue weighted by atomic mass is 16.5. The van der Waals surface area contributed by atoms with E-state index in [1.165, 1.54) is 4.80 Å². The van der Waals surface area contributed by atoms with Gasteiger partial charge in [-0.25, -0.2) is 0 Å². The topological polar surface area (TPSA) is 93.5 Å². The number of carbonyl (C=O) groups is 2. The number of ether oxygens (including phenoxy) is 1. The molecule has 4 rings (SSSR count). The first-order chi connectivity index (χ1) is 15.4. The summed E-state index contributed by atoms with van der Waals surface area (Å²) >= 11 is 0. The van der Waals surface area contributed by atoms with E-state index in [1.54, 1.807) is 29.0 Å². The molecule has 0 N–H and O–H groups in total. The Morgan fingerprint density at radius 1 is 1.06 bits per heavy atom. The van der Waals surface area contributed by atoms with E-state index < -0.39 is 0 Å². The molecular weight excluding hydrogens is 408 g/mol. The van der Waals surface area contributed by atoms with Gasteiger partial charge in [0.25, 0.3) is 17.6 Å². The summed E-state index contributed by atoms with van der Waals surface area (Å²) in [5, 5.41) is 12.3.